The Balaban J connectivity index is 2.52. The quantitative estimate of drug-likeness (QED) is 0.855. The molecule has 0 saturated carbocycles. The van der Waals surface area contributed by atoms with E-state index in [1.54, 1.807) is 18.3 Å². The molecule has 1 aromatic carbocycles. The molecule has 2 rings (SSSR count). The first-order chi connectivity index (χ1) is 8.06. The third-order valence-electron chi connectivity index (χ3n) is 2.24. The first-order valence-corrected chi connectivity index (χ1v) is 5.19. The monoisotopic (exact) mass is 248 g/mol. The number of halogens is 1. The van der Waals surface area contributed by atoms with Gasteiger partial charge in [-0.25, -0.2) is 0 Å². The average molecular weight is 249 g/mol. The summed E-state index contributed by atoms with van der Waals surface area (Å²) in [6, 6.07) is 6.23. The average Bonchev–Trinajstić information content (AvgIpc) is 2.28. The second-order valence-electron chi connectivity index (χ2n) is 3.52. The van der Waals surface area contributed by atoms with E-state index in [9.17, 15) is 9.90 Å². The van der Waals surface area contributed by atoms with Crippen molar-refractivity contribution >= 4 is 17.5 Å². The van der Waals surface area contributed by atoms with Crippen LogP contribution in [0.25, 0.3) is 11.1 Å². The fourth-order valence-electron chi connectivity index (χ4n) is 1.47. The van der Waals surface area contributed by atoms with Crippen molar-refractivity contribution < 1.29 is 9.90 Å². The number of primary amides is 1. The van der Waals surface area contributed by atoms with Gasteiger partial charge >= 0.3 is 0 Å². The van der Waals surface area contributed by atoms with Gasteiger partial charge in [-0.05, 0) is 29.8 Å². The molecule has 0 aliphatic rings. The lowest BCUT2D eigenvalue weighted by Crippen LogP contribution is -2.11. The van der Waals surface area contributed by atoms with Crippen LogP contribution in [-0.4, -0.2) is 16.0 Å². The normalized spacial score (nSPS) is 10.2. The number of phenols is 1. The molecule has 0 spiro atoms. The molecule has 1 amide bonds. The zero-order chi connectivity index (χ0) is 12.4. The van der Waals surface area contributed by atoms with Gasteiger partial charge < -0.3 is 10.8 Å². The molecule has 0 saturated heterocycles. The molecule has 0 aliphatic carbocycles. The third-order valence-corrected chi connectivity index (χ3v) is 2.46. The van der Waals surface area contributed by atoms with Crippen LogP contribution in [0.3, 0.4) is 0 Å². The summed E-state index contributed by atoms with van der Waals surface area (Å²) < 4.78 is 0. The van der Waals surface area contributed by atoms with E-state index in [4.69, 9.17) is 17.3 Å². The number of phenolic OH excluding ortho intramolecular Hbond substituents is 1. The van der Waals surface area contributed by atoms with Gasteiger partial charge in [0.15, 0.2) is 0 Å². The molecule has 86 valence electrons. The van der Waals surface area contributed by atoms with Crippen molar-refractivity contribution in [3.05, 3.63) is 47.2 Å². The van der Waals surface area contributed by atoms with Gasteiger partial charge in [-0.15, -0.1) is 0 Å². The zero-order valence-electron chi connectivity index (χ0n) is 8.72. The maximum atomic E-state index is 11.0. The summed E-state index contributed by atoms with van der Waals surface area (Å²) in [5, 5.41) is 9.84. The Labute approximate surface area is 103 Å². The fourth-order valence-corrected chi connectivity index (χ4v) is 1.70. The highest BCUT2D eigenvalue weighted by atomic mass is 35.5. The van der Waals surface area contributed by atoms with Crippen molar-refractivity contribution in [2.45, 2.75) is 0 Å². The second-order valence-corrected chi connectivity index (χ2v) is 3.96. The molecule has 4 nitrogen and oxygen atoms in total. The summed E-state index contributed by atoms with van der Waals surface area (Å²) in [7, 11) is 0. The van der Waals surface area contributed by atoms with Crippen molar-refractivity contribution in [1.82, 2.24) is 4.98 Å². The zero-order valence-corrected chi connectivity index (χ0v) is 9.48. The highest BCUT2D eigenvalue weighted by molar-refractivity contribution is 6.31. The number of hydrogen-bond acceptors (Lipinski definition) is 3. The lowest BCUT2D eigenvalue weighted by Gasteiger charge is -2.04. The molecule has 3 N–H and O–H groups in total. The second kappa shape index (κ2) is 4.43. The van der Waals surface area contributed by atoms with Crippen LogP contribution in [0.2, 0.25) is 5.02 Å². The van der Waals surface area contributed by atoms with Gasteiger partial charge in [0, 0.05) is 23.0 Å². The highest BCUT2D eigenvalue weighted by Gasteiger charge is 2.06. The summed E-state index contributed by atoms with van der Waals surface area (Å²) in [5.41, 5.74) is 6.81. The van der Waals surface area contributed by atoms with E-state index >= 15 is 0 Å². The topological polar surface area (TPSA) is 76.2 Å². The molecule has 0 aliphatic heterocycles. The van der Waals surface area contributed by atoms with Gasteiger partial charge in [-0.1, -0.05) is 11.6 Å². The maximum Gasteiger partial charge on any atom is 0.250 e. The SMILES string of the molecule is NC(=O)c1cncc(-c2cc(O)cc(Cl)c2)c1. The maximum absolute atomic E-state index is 11.0. The van der Waals surface area contributed by atoms with Crippen LogP contribution in [0.5, 0.6) is 5.75 Å². The first kappa shape index (κ1) is 11.4. The molecule has 2 aromatic rings. The Morgan fingerprint density at radius 2 is 1.94 bits per heavy atom. The molecule has 5 heteroatoms. The summed E-state index contributed by atoms with van der Waals surface area (Å²) >= 11 is 5.83. The molecule has 0 fully saturated rings. The van der Waals surface area contributed by atoms with Crippen molar-refractivity contribution in [2.24, 2.45) is 5.73 Å². The Bertz CT molecular complexity index is 564. The number of amides is 1. The van der Waals surface area contributed by atoms with Crippen LogP contribution in [0.15, 0.2) is 36.7 Å². The Hall–Kier alpha value is -2.07. The molecule has 17 heavy (non-hydrogen) atoms. The van der Waals surface area contributed by atoms with Gasteiger partial charge in [0.1, 0.15) is 5.75 Å². The summed E-state index contributed by atoms with van der Waals surface area (Å²) in [4.78, 5) is 14.9. The molecule has 1 heterocycles. The van der Waals surface area contributed by atoms with E-state index in [1.807, 2.05) is 0 Å². The molecule has 1 aromatic heterocycles. The standard InChI is InChI=1S/C12H9ClN2O2/c13-10-2-7(3-11(16)4-10)8-1-9(12(14)17)6-15-5-8/h1-6,16H,(H2,14,17). The van der Waals surface area contributed by atoms with Crippen LogP contribution < -0.4 is 5.73 Å². The van der Waals surface area contributed by atoms with E-state index < -0.39 is 5.91 Å². The predicted octanol–water partition coefficient (Wildman–Crippen LogP) is 2.21. The van der Waals surface area contributed by atoms with Gasteiger partial charge in [0.2, 0.25) is 5.91 Å². The van der Waals surface area contributed by atoms with Crippen LogP contribution in [0.4, 0.5) is 0 Å². The number of benzene rings is 1. The minimum absolute atomic E-state index is 0.0528. The van der Waals surface area contributed by atoms with E-state index in [0.717, 1.165) is 0 Å². The highest BCUT2D eigenvalue weighted by Crippen LogP contribution is 2.27. The molecular weight excluding hydrogens is 240 g/mol. The largest absolute Gasteiger partial charge is 0.508 e. The number of rotatable bonds is 2. The fraction of sp³-hybridized carbons (Fsp3) is 0. The van der Waals surface area contributed by atoms with Crippen LogP contribution in [0, 0.1) is 0 Å². The van der Waals surface area contributed by atoms with Crippen LogP contribution in [-0.2, 0) is 0 Å². The Morgan fingerprint density at radius 1 is 1.18 bits per heavy atom. The lowest BCUT2D eigenvalue weighted by molar-refractivity contribution is 0.1000. The van der Waals surface area contributed by atoms with E-state index in [2.05, 4.69) is 4.98 Å². The number of pyridine rings is 1. The van der Waals surface area contributed by atoms with Gasteiger partial charge in [0.25, 0.3) is 0 Å². The van der Waals surface area contributed by atoms with Crippen molar-refractivity contribution in [2.75, 3.05) is 0 Å². The Kier molecular flexibility index (Phi) is 2.97. The molecule has 0 unspecified atom stereocenters. The lowest BCUT2D eigenvalue weighted by atomic mass is 10.1. The van der Waals surface area contributed by atoms with E-state index in [0.29, 0.717) is 21.7 Å². The number of aromatic hydroxyl groups is 1. The third kappa shape index (κ3) is 2.54. The van der Waals surface area contributed by atoms with Crippen molar-refractivity contribution in [3.8, 4) is 16.9 Å². The molecule has 0 radical (unpaired) electrons. The van der Waals surface area contributed by atoms with E-state index in [1.165, 1.54) is 18.3 Å². The van der Waals surface area contributed by atoms with Gasteiger partial charge in [-0.2, -0.15) is 0 Å². The summed E-state index contributed by atoms with van der Waals surface area (Å²) in [6.07, 6.45) is 2.95. The predicted molar refractivity (Wildman–Crippen MR) is 64.9 cm³/mol. The van der Waals surface area contributed by atoms with E-state index in [-0.39, 0.29) is 5.75 Å². The number of nitrogens with zero attached hydrogens (tertiary/aromatic N) is 1. The minimum Gasteiger partial charge on any atom is -0.508 e. The van der Waals surface area contributed by atoms with Gasteiger partial charge in [0.05, 0.1) is 5.56 Å². The van der Waals surface area contributed by atoms with Gasteiger partial charge in [-0.3, -0.25) is 9.78 Å². The van der Waals surface area contributed by atoms with Crippen LogP contribution in [0.1, 0.15) is 10.4 Å². The van der Waals surface area contributed by atoms with Crippen molar-refractivity contribution in [1.29, 1.82) is 0 Å². The smallest absolute Gasteiger partial charge is 0.250 e. The molecule has 0 atom stereocenters. The number of carbonyl (C=O) groups is 1. The summed E-state index contributed by atoms with van der Waals surface area (Å²) in [5.74, 6) is -0.498. The number of carbonyl (C=O) groups excluding carboxylic acids is 1. The number of nitrogens with two attached hydrogens (primary N) is 1. The van der Waals surface area contributed by atoms with Crippen LogP contribution >= 0.6 is 11.6 Å². The number of hydrogen-bond donors (Lipinski definition) is 2. The van der Waals surface area contributed by atoms with Crippen molar-refractivity contribution in [3.63, 3.8) is 0 Å². The number of aromatic nitrogens is 1. The molecule has 0 bridgehead atoms. The first-order valence-electron chi connectivity index (χ1n) is 4.81. The minimum atomic E-state index is -0.550. The molecular formula is C12H9ClN2O2. The summed E-state index contributed by atoms with van der Waals surface area (Å²) in [6.45, 7) is 0. The Morgan fingerprint density at radius 3 is 2.59 bits per heavy atom.